The lowest BCUT2D eigenvalue weighted by atomic mass is 10.1. The van der Waals surface area contributed by atoms with Crippen molar-refractivity contribution in [2.45, 2.75) is 33.1 Å². The molecule has 0 N–H and O–H groups in total. The molecule has 0 aliphatic carbocycles. The molecular formula is C19H21N5O. The van der Waals surface area contributed by atoms with Crippen molar-refractivity contribution in [3.8, 4) is 0 Å². The van der Waals surface area contributed by atoms with Crippen LogP contribution in [0.25, 0.3) is 5.65 Å². The van der Waals surface area contributed by atoms with Crippen molar-refractivity contribution in [2.24, 2.45) is 0 Å². The molecule has 1 aliphatic rings. The van der Waals surface area contributed by atoms with Crippen molar-refractivity contribution >= 4 is 11.6 Å². The summed E-state index contributed by atoms with van der Waals surface area (Å²) < 4.78 is 1.95. The van der Waals surface area contributed by atoms with Gasteiger partial charge in [-0.2, -0.15) is 0 Å². The first kappa shape index (κ1) is 15.7. The molecular weight excluding hydrogens is 314 g/mol. The standard InChI is InChI=1S/C19H21N5O/c1-12-9-13(2)21-18(20-12)15-7-8-23(10-15)19(25)16-11-24-14(3)5-4-6-17(24)22-16/h4-6,9,11,15H,7-8,10H2,1-3H3/t15-/m1/s1. The SMILES string of the molecule is Cc1cc(C)nc([C@@H]2CCN(C(=O)c3cn4c(C)cccc4n3)C2)n1. The Morgan fingerprint density at radius 1 is 1.12 bits per heavy atom. The van der Waals surface area contributed by atoms with Crippen LogP contribution in [0.15, 0.2) is 30.5 Å². The molecule has 1 amide bonds. The van der Waals surface area contributed by atoms with E-state index in [1.165, 1.54) is 0 Å². The number of rotatable bonds is 2. The van der Waals surface area contributed by atoms with Crippen LogP contribution in [-0.4, -0.2) is 43.2 Å². The second kappa shape index (κ2) is 5.95. The van der Waals surface area contributed by atoms with Gasteiger partial charge in [-0.25, -0.2) is 15.0 Å². The quantitative estimate of drug-likeness (QED) is 0.722. The summed E-state index contributed by atoms with van der Waals surface area (Å²) in [6, 6.07) is 7.85. The third-order valence-electron chi connectivity index (χ3n) is 4.76. The predicted molar refractivity (Wildman–Crippen MR) is 94.7 cm³/mol. The van der Waals surface area contributed by atoms with Crippen LogP contribution in [0.4, 0.5) is 0 Å². The number of fused-ring (bicyclic) bond motifs is 1. The van der Waals surface area contributed by atoms with Gasteiger partial charge in [0.2, 0.25) is 0 Å². The number of hydrogen-bond acceptors (Lipinski definition) is 4. The highest BCUT2D eigenvalue weighted by molar-refractivity contribution is 5.93. The number of amides is 1. The van der Waals surface area contributed by atoms with Crippen LogP contribution in [0.3, 0.4) is 0 Å². The number of nitrogens with zero attached hydrogens (tertiary/aromatic N) is 5. The zero-order chi connectivity index (χ0) is 17.6. The van der Waals surface area contributed by atoms with Gasteiger partial charge in [0.15, 0.2) is 0 Å². The number of imidazole rings is 1. The summed E-state index contributed by atoms with van der Waals surface area (Å²) >= 11 is 0. The summed E-state index contributed by atoms with van der Waals surface area (Å²) in [6.07, 6.45) is 2.72. The van der Waals surface area contributed by atoms with Crippen molar-refractivity contribution < 1.29 is 4.79 Å². The first-order chi connectivity index (χ1) is 12.0. The van der Waals surface area contributed by atoms with Crippen molar-refractivity contribution in [1.29, 1.82) is 0 Å². The van der Waals surface area contributed by atoms with Gasteiger partial charge < -0.3 is 9.30 Å². The largest absolute Gasteiger partial charge is 0.337 e. The highest BCUT2D eigenvalue weighted by Gasteiger charge is 2.31. The third-order valence-corrected chi connectivity index (χ3v) is 4.76. The first-order valence-corrected chi connectivity index (χ1v) is 8.57. The minimum Gasteiger partial charge on any atom is -0.337 e. The van der Waals surface area contributed by atoms with Crippen molar-refractivity contribution in [2.75, 3.05) is 13.1 Å². The van der Waals surface area contributed by atoms with Crippen molar-refractivity contribution in [3.63, 3.8) is 0 Å². The Bertz CT molecular complexity index is 941. The number of pyridine rings is 1. The molecule has 4 heterocycles. The Morgan fingerprint density at radius 2 is 1.88 bits per heavy atom. The molecule has 1 aliphatic heterocycles. The van der Waals surface area contributed by atoms with Gasteiger partial charge in [-0.05, 0) is 45.4 Å². The van der Waals surface area contributed by atoms with E-state index in [0.717, 1.165) is 35.0 Å². The van der Waals surface area contributed by atoms with Crippen LogP contribution in [0.1, 0.15) is 45.7 Å². The van der Waals surface area contributed by atoms with Gasteiger partial charge >= 0.3 is 0 Å². The Balaban J connectivity index is 1.56. The average Bonchev–Trinajstić information content (AvgIpc) is 3.21. The van der Waals surface area contributed by atoms with E-state index in [1.807, 2.05) is 60.5 Å². The Labute approximate surface area is 146 Å². The zero-order valence-electron chi connectivity index (χ0n) is 14.7. The summed E-state index contributed by atoms with van der Waals surface area (Å²) in [5.74, 6) is 1.02. The van der Waals surface area contributed by atoms with Crippen LogP contribution < -0.4 is 0 Å². The molecule has 1 fully saturated rings. The fraction of sp³-hybridized carbons (Fsp3) is 0.368. The van der Waals surface area contributed by atoms with E-state index in [2.05, 4.69) is 15.0 Å². The van der Waals surface area contributed by atoms with E-state index in [4.69, 9.17) is 0 Å². The van der Waals surface area contributed by atoms with Gasteiger partial charge in [0.25, 0.3) is 5.91 Å². The average molecular weight is 335 g/mol. The summed E-state index contributed by atoms with van der Waals surface area (Å²) in [5.41, 5.74) is 4.31. The molecule has 1 atom stereocenters. The molecule has 4 rings (SSSR count). The van der Waals surface area contributed by atoms with E-state index in [0.29, 0.717) is 18.8 Å². The molecule has 3 aromatic heterocycles. The number of carbonyl (C=O) groups excluding carboxylic acids is 1. The van der Waals surface area contributed by atoms with Crippen molar-refractivity contribution in [3.05, 3.63) is 59.1 Å². The van der Waals surface area contributed by atoms with E-state index in [-0.39, 0.29) is 11.8 Å². The minimum absolute atomic E-state index is 0.0185. The Kier molecular flexibility index (Phi) is 3.75. The van der Waals surface area contributed by atoms with Crippen LogP contribution in [-0.2, 0) is 0 Å². The number of aryl methyl sites for hydroxylation is 3. The summed E-state index contributed by atoms with van der Waals surface area (Å²) in [4.78, 5) is 28.3. The van der Waals surface area contributed by atoms with Crippen LogP contribution >= 0.6 is 0 Å². The molecule has 0 spiro atoms. The lowest BCUT2D eigenvalue weighted by Crippen LogP contribution is -2.29. The smallest absolute Gasteiger partial charge is 0.274 e. The van der Waals surface area contributed by atoms with E-state index >= 15 is 0 Å². The topological polar surface area (TPSA) is 63.4 Å². The lowest BCUT2D eigenvalue weighted by molar-refractivity contribution is 0.0785. The Morgan fingerprint density at radius 3 is 2.60 bits per heavy atom. The van der Waals surface area contributed by atoms with E-state index < -0.39 is 0 Å². The number of hydrogen-bond donors (Lipinski definition) is 0. The molecule has 0 aromatic carbocycles. The van der Waals surface area contributed by atoms with Gasteiger partial charge in [-0.1, -0.05) is 6.07 Å². The van der Waals surface area contributed by atoms with Gasteiger partial charge in [0.05, 0.1) is 0 Å². The highest BCUT2D eigenvalue weighted by atomic mass is 16.2. The monoisotopic (exact) mass is 335 g/mol. The van der Waals surface area contributed by atoms with Crippen LogP contribution in [0, 0.1) is 20.8 Å². The number of carbonyl (C=O) groups is 1. The van der Waals surface area contributed by atoms with Gasteiger partial charge in [-0.3, -0.25) is 4.79 Å². The molecule has 1 saturated heterocycles. The second-order valence-electron chi connectivity index (χ2n) is 6.77. The maximum atomic E-state index is 12.8. The molecule has 6 nitrogen and oxygen atoms in total. The normalized spacial score (nSPS) is 17.4. The molecule has 128 valence electrons. The minimum atomic E-state index is -0.0185. The molecule has 6 heteroatoms. The summed E-state index contributed by atoms with van der Waals surface area (Å²) in [6.45, 7) is 7.33. The van der Waals surface area contributed by atoms with E-state index in [1.54, 1.807) is 0 Å². The van der Waals surface area contributed by atoms with Crippen LogP contribution in [0.2, 0.25) is 0 Å². The Hall–Kier alpha value is -2.76. The van der Waals surface area contributed by atoms with Crippen molar-refractivity contribution in [1.82, 2.24) is 24.3 Å². The first-order valence-electron chi connectivity index (χ1n) is 8.57. The maximum absolute atomic E-state index is 12.8. The molecule has 3 aromatic rings. The molecule has 0 radical (unpaired) electrons. The predicted octanol–water partition coefficient (Wildman–Crippen LogP) is 2.68. The number of likely N-dealkylation sites (tertiary alicyclic amines) is 1. The molecule has 25 heavy (non-hydrogen) atoms. The molecule has 0 unspecified atom stereocenters. The number of aromatic nitrogens is 4. The lowest BCUT2D eigenvalue weighted by Gasteiger charge is -2.15. The highest BCUT2D eigenvalue weighted by Crippen LogP contribution is 2.26. The summed E-state index contributed by atoms with van der Waals surface area (Å²) in [5, 5.41) is 0. The van der Waals surface area contributed by atoms with Gasteiger partial charge in [-0.15, -0.1) is 0 Å². The van der Waals surface area contributed by atoms with E-state index in [9.17, 15) is 4.79 Å². The van der Waals surface area contributed by atoms with Gasteiger partial charge in [0.1, 0.15) is 17.2 Å². The third kappa shape index (κ3) is 2.88. The molecule has 0 bridgehead atoms. The summed E-state index contributed by atoms with van der Waals surface area (Å²) in [7, 11) is 0. The van der Waals surface area contributed by atoms with Gasteiger partial charge in [0, 0.05) is 42.3 Å². The molecule has 0 saturated carbocycles. The fourth-order valence-corrected chi connectivity index (χ4v) is 3.50. The second-order valence-corrected chi connectivity index (χ2v) is 6.77. The zero-order valence-corrected chi connectivity index (χ0v) is 14.7. The van der Waals surface area contributed by atoms with Crippen LogP contribution in [0.5, 0.6) is 0 Å². The maximum Gasteiger partial charge on any atom is 0.274 e. The fourth-order valence-electron chi connectivity index (χ4n) is 3.50.